The van der Waals surface area contributed by atoms with Crippen LogP contribution in [0.4, 0.5) is 0 Å². The molecule has 2 aromatic rings. The summed E-state index contributed by atoms with van der Waals surface area (Å²) in [7, 11) is 0. The molecule has 0 atom stereocenters. The topological polar surface area (TPSA) is 60.1 Å². The number of ether oxygens (including phenoxy) is 2. The van der Waals surface area contributed by atoms with Gasteiger partial charge in [0, 0.05) is 13.1 Å². The molecule has 24 heavy (non-hydrogen) atoms. The highest BCUT2D eigenvalue weighted by Gasteiger charge is 2.11. The fourth-order valence-corrected chi connectivity index (χ4v) is 2.54. The standard InChI is InChI=1S/C19H23N3O2/c20-19(22-9-11-23-12-10-22)21-14-17-7-4-8-18(13-17)24-15-16-5-2-1-3-6-16/h1-8,13H,9-12,14-15H2,(H2,20,21). The molecule has 1 aliphatic heterocycles. The molecule has 0 radical (unpaired) electrons. The Labute approximate surface area is 142 Å². The maximum Gasteiger partial charge on any atom is 0.191 e. The molecule has 0 unspecified atom stereocenters. The molecule has 0 spiro atoms. The van der Waals surface area contributed by atoms with Gasteiger partial charge >= 0.3 is 0 Å². The number of morpholine rings is 1. The summed E-state index contributed by atoms with van der Waals surface area (Å²) in [6, 6.07) is 18.1. The molecule has 2 N–H and O–H groups in total. The molecule has 1 saturated heterocycles. The summed E-state index contributed by atoms with van der Waals surface area (Å²) >= 11 is 0. The molecule has 1 heterocycles. The van der Waals surface area contributed by atoms with Crippen LogP contribution in [0, 0.1) is 0 Å². The second-order valence-corrected chi connectivity index (χ2v) is 5.70. The van der Waals surface area contributed by atoms with Crippen molar-refractivity contribution in [2.24, 2.45) is 10.7 Å². The third-order valence-electron chi connectivity index (χ3n) is 3.91. The van der Waals surface area contributed by atoms with Crippen LogP contribution in [-0.4, -0.2) is 37.2 Å². The van der Waals surface area contributed by atoms with Crippen molar-refractivity contribution in [3.8, 4) is 5.75 Å². The van der Waals surface area contributed by atoms with Crippen molar-refractivity contribution in [2.45, 2.75) is 13.2 Å². The Hall–Kier alpha value is -2.53. The Bertz CT molecular complexity index is 667. The van der Waals surface area contributed by atoms with Gasteiger partial charge in [-0.15, -0.1) is 0 Å². The largest absolute Gasteiger partial charge is 0.489 e. The molecule has 0 aromatic heterocycles. The van der Waals surface area contributed by atoms with Crippen molar-refractivity contribution in [1.29, 1.82) is 0 Å². The quantitative estimate of drug-likeness (QED) is 0.677. The number of rotatable bonds is 5. The van der Waals surface area contributed by atoms with E-state index in [0.29, 0.717) is 32.3 Å². The molecule has 5 heteroatoms. The Morgan fingerprint density at radius 1 is 1.04 bits per heavy atom. The molecule has 1 aliphatic rings. The van der Waals surface area contributed by atoms with Crippen molar-refractivity contribution in [1.82, 2.24) is 4.90 Å². The molecule has 126 valence electrons. The minimum atomic E-state index is 0.547. The number of hydrogen-bond acceptors (Lipinski definition) is 3. The molecule has 0 bridgehead atoms. The molecule has 0 saturated carbocycles. The summed E-state index contributed by atoms with van der Waals surface area (Å²) in [6.45, 7) is 4.12. The van der Waals surface area contributed by atoms with Gasteiger partial charge in [-0.3, -0.25) is 0 Å². The van der Waals surface area contributed by atoms with Gasteiger partial charge in [0.1, 0.15) is 12.4 Å². The van der Waals surface area contributed by atoms with Crippen LogP contribution in [0.3, 0.4) is 0 Å². The molecule has 3 rings (SSSR count). The van der Waals surface area contributed by atoms with Gasteiger partial charge < -0.3 is 20.1 Å². The second-order valence-electron chi connectivity index (χ2n) is 5.70. The first kappa shape index (κ1) is 16.3. The fraction of sp³-hybridized carbons (Fsp3) is 0.316. The summed E-state index contributed by atoms with van der Waals surface area (Å²) in [6.07, 6.45) is 0. The van der Waals surface area contributed by atoms with E-state index in [-0.39, 0.29) is 0 Å². The van der Waals surface area contributed by atoms with E-state index < -0.39 is 0 Å². The fourth-order valence-electron chi connectivity index (χ4n) is 2.54. The molecule has 5 nitrogen and oxygen atoms in total. The first-order chi connectivity index (χ1) is 11.8. The van der Waals surface area contributed by atoms with Gasteiger partial charge in [0.05, 0.1) is 19.8 Å². The highest BCUT2D eigenvalue weighted by Crippen LogP contribution is 2.16. The highest BCUT2D eigenvalue weighted by atomic mass is 16.5. The normalized spacial score (nSPS) is 15.3. The summed E-state index contributed by atoms with van der Waals surface area (Å²) < 4.78 is 11.2. The first-order valence-corrected chi connectivity index (χ1v) is 8.19. The van der Waals surface area contributed by atoms with E-state index in [0.717, 1.165) is 30.0 Å². The number of benzene rings is 2. The van der Waals surface area contributed by atoms with Crippen LogP contribution in [0.1, 0.15) is 11.1 Å². The number of nitrogens with two attached hydrogens (primary N) is 1. The maximum atomic E-state index is 6.06. The minimum absolute atomic E-state index is 0.547. The van der Waals surface area contributed by atoms with E-state index in [1.807, 2.05) is 42.5 Å². The van der Waals surface area contributed by atoms with Crippen molar-refractivity contribution in [2.75, 3.05) is 26.3 Å². The van der Waals surface area contributed by atoms with Crippen molar-refractivity contribution < 1.29 is 9.47 Å². The molecule has 2 aromatic carbocycles. The lowest BCUT2D eigenvalue weighted by molar-refractivity contribution is 0.0674. The SMILES string of the molecule is NC(=NCc1cccc(OCc2ccccc2)c1)N1CCOCC1. The highest BCUT2D eigenvalue weighted by molar-refractivity contribution is 5.78. The summed E-state index contributed by atoms with van der Waals surface area (Å²) in [4.78, 5) is 6.54. The molecular weight excluding hydrogens is 302 g/mol. The van der Waals surface area contributed by atoms with Gasteiger partial charge in [-0.2, -0.15) is 0 Å². The maximum absolute atomic E-state index is 6.06. The lowest BCUT2D eigenvalue weighted by Crippen LogP contribution is -2.44. The molecule has 0 aliphatic carbocycles. The number of aliphatic imine (C=N–C) groups is 1. The molecule has 1 fully saturated rings. The van der Waals surface area contributed by atoms with Crippen LogP contribution in [-0.2, 0) is 17.9 Å². The van der Waals surface area contributed by atoms with Crippen LogP contribution < -0.4 is 10.5 Å². The summed E-state index contributed by atoms with van der Waals surface area (Å²) in [5, 5.41) is 0. The van der Waals surface area contributed by atoms with Gasteiger partial charge in [-0.25, -0.2) is 4.99 Å². The smallest absolute Gasteiger partial charge is 0.191 e. The van der Waals surface area contributed by atoms with Crippen LogP contribution in [0.15, 0.2) is 59.6 Å². The molecular formula is C19H23N3O2. The number of hydrogen-bond donors (Lipinski definition) is 1. The average Bonchev–Trinajstić information content (AvgIpc) is 2.66. The lowest BCUT2D eigenvalue weighted by Gasteiger charge is -2.27. The van der Waals surface area contributed by atoms with Crippen LogP contribution in [0.25, 0.3) is 0 Å². The Morgan fingerprint density at radius 3 is 2.58 bits per heavy atom. The zero-order valence-electron chi connectivity index (χ0n) is 13.7. The van der Waals surface area contributed by atoms with Crippen molar-refractivity contribution >= 4 is 5.96 Å². The van der Waals surface area contributed by atoms with E-state index in [4.69, 9.17) is 15.2 Å². The monoisotopic (exact) mass is 325 g/mol. The number of guanidine groups is 1. The molecule has 0 amide bonds. The van der Waals surface area contributed by atoms with E-state index in [1.54, 1.807) is 0 Å². The van der Waals surface area contributed by atoms with Crippen LogP contribution in [0.2, 0.25) is 0 Å². The zero-order chi connectivity index (χ0) is 16.6. The zero-order valence-corrected chi connectivity index (χ0v) is 13.7. The Kier molecular flexibility index (Phi) is 5.69. The predicted octanol–water partition coefficient (Wildman–Crippen LogP) is 2.41. The first-order valence-electron chi connectivity index (χ1n) is 8.19. The van der Waals surface area contributed by atoms with E-state index in [2.05, 4.69) is 22.0 Å². The Morgan fingerprint density at radius 2 is 1.79 bits per heavy atom. The minimum Gasteiger partial charge on any atom is -0.489 e. The lowest BCUT2D eigenvalue weighted by atomic mass is 10.2. The van der Waals surface area contributed by atoms with E-state index in [9.17, 15) is 0 Å². The van der Waals surface area contributed by atoms with Crippen molar-refractivity contribution in [3.05, 3.63) is 65.7 Å². The average molecular weight is 325 g/mol. The van der Waals surface area contributed by atoms with Gasteiger partial charge in [0.25, 0.3) is 0 Å². The van der Waals surface area contributed by atoms with E-state index in [1.165, 1.54) is 0 Å². The second kappa shape index (κ2) is 8.36. The summed E-state index contributed by atoms with van der Waals surface area (Å²) in [5.41, 5.74) is 8.29. The Balaban J connectivity index is 1.56. The third-order valence-corrected chi connectivity index (χ3v) is 3.91. The summed E-state index contributed by atoms with van der Waals surface area (Å²) in [5.74, 6) is 1.42. The van der Waals surface area contributed by atoms with Gasteiger partial charge in [-0.1, -0.05) is 42.5 Å². The van der Waals surface area contributed by atoms with Crippen LogP contribution in [0.5, 0.6) is 5.75 Å². The van der Waals surface area contributed by atoms with Crippen molar-refractivity contribution in [3.63, 3.8) is 0 Å². The third kappa shape index (κ3) is 4.73. The van der Waals surface area contributed by atoms with E-state index >= 15 is 0 Å². The van der Waals surface area contributed by atoms with Gasteiger partial charge in [0.2, 0.25) is 0 Å². The van der Waals surface area contributed by atoms with Gasteiger partial charge in [-0.05, 0) is 23.3 Å². The van der Waals surface area contributed by atoms with Gasteiger partial charge in [0.15, 0.2) is 5.96 Å². The van der Waals surface area contributed by atoms with Crippen LogP contribution >= 0.6 is 0 Å². The predicted molar refractivity (Wildman–Crippen MR) is 94.9 cm³/mol. The number of nitrogens with zero attached hydrogens (tertiary/aromatic N) is 2.